The highest BCUT2D eigenvalue weighted by atomic mass is 19.1. The number of fused-ring (bicyclic) bond motifs is 1. The average Bonchev–Trinajstić information content (AvgIpc) is 3.58. The molecule has 202 valence electrons. The molecule has 0 bridgehead atoms. The second-order valence-electron chi connectivity index (χ2n) is 9.93. The summed E-state index contributed by atoms with van der Waals surface area (Å²) in [5.41, 5.74) is 7.07. The van der Waals surface area contributed by atoms with Crippen molar-refractivity contribution >= 4 is 17.4 Å². The fraction of sp³-hybridized carbons (Fsp3) is 0.310. The number of tetrazole rings is 1. The van der Waals surface area contributed by atoms with Crippen molar-refractivity contribution in [2.45, 2.75) is 25.8 Å². The van der Waals surface area contributed by atoms with Gasteiger partial charge in [-0.3, -0.25) is 0 Å². The van der Waals surface area contributed by atoms with Crippen LogP contribution in [0.3, 0.4) is 0 Å². The highest BCUT2D eigenvalue weighted by Gasteiger charge is 2.15. The zero-order valence-electron chi connectivity index (χ0n) is 22.2. The number of halogens is 1. The molecule has 0 atom stereocenters. The Kier molecular flexibility index (Phi) is 8.12. The Balaban J connectivity index is 1.18. The van der Waals surface area contributed by atoms with Crippen LogP contribution in [0.2, 0.25) is 0 Å². The Labute approximate surface area is 227 Å². The van der Waals surface area contributed by atoms with Gasteiger partial charge in [-0.15, -0.1) is 5.10 Å². The van der Waals surface area contributed by atoms with Crippen molar-refractivity contribution in [3.63, 3.8) is 0 Å². The van der Waals surface area contributed by atoms with E-state index in [4.69, 9.17) is 0 Å². The van der Waals surface area contributed by atoms with Gasteiger partial charge in [0.05, 0.1) is 0 Å². The van der Waals surface area contributed by atoms with Gasteiger partial charge in [0.25, 0.3) is 0 Å². The highest BCUT2D eigenvalue weighted by Crippen LogP contribution is 2.33. The first-order valence-corrected chi connectivity index (χ1v) is 13.2. The van der Waals surface area contributed by atoms with Crippen LogP contribution in [0.4, 0.5) is 20.6 Å². The molecule has 5 rings (SSSR count). The van der Waals surface area contributed by atoms with Gasteiger partial charge in [-0.05, 0) is 108 Å². The first kappa shape index (κ1) is 26.3. The molecule has 0 spiro atoms. The lowest BCUT2D eigenvalue weighted by atomic mass is 9.99. The number of benzene rings is 3. The van der Waals surface area contributed by atoms with E-state index in [1.54, 1.807) is 23.9 Å². The molecule has 10 heteroatoms. The van der Waals surface area contributed by atoms with Crippen molar-refractivity contribution in [3.05, 3.63) is 77.6 Å². The number of anilines is 2. The summed E-state index contributed by atoms with van der Waals surface area (Å²) in [4.78, 5) is 14.9. The van der Waals surface area contributed by atoms with E-state index in [0.29, 0.717) is 18.1 Å². The fourth-order valence-electron chi connectivity index (χ4n) is 4.82. The van der Waals surface area contributed by atoms with E-state index in [0.717, 1.165) is 61.2 Å². The largest absolute Gasteiger partial charge is 0.384 e. The lowest BCUT2D eigenvalue weighted by molar-refractivity contribution is 0.251. The smallest absolute Gasteiger partial charge is 0.319 e. The number of nitrogens with one attached hydrogen (secondary N) is 3. The van der Waals surface area contributed by atoms with E-state index in [2.05, 4.69) is 54.6 Å². The van der Waals surface area contributed by atoms with Crippen LogP contribution in [0.1, 0.15) is 24.0 Å². The summed E-state index contributed by atoms with van der Waals surface area (Å²) in [6, 6.07) is 18.6. The number of rotatable bonds is 10. The molecular weight excluding hydrogens is 495 g/mol. The van der Waals surface area contributed by atoms with Crippen LogP contribution in [0.15, 0.2) is 60.7 Å². The molecule has 0 aliphatic carbocycles. The molecule has 2 heterocycles. The van der Waals surface area contributed by atoms with Crippen LogP contribution in [0, 0.1) is 5.82 Å². The highest BCUT2D eigenvalue weighted by molar-refractivity contribution is 5.91. The first-order chi connectivity index (χ1) is 18.9. The number of hydrogen-bond donors (Lipinski definition) is 3. The van der Waals surface area contributed by atoms with Crippen LogP contribution >= 0.6 is 0 Å². The normalized spacial score (nSPS) is 12.3. The maximum atomic E-state index is 13.1. The summed E-state index contributed by atoms with van der Waals surface area (Å²) in [7, 11) is 3.83. The van der Waals surface area contributed by atoms with Gasteiger partial charge < -0.3 is 20.9 Å². The molecule has 1 aromatic heterocycles. The molecule has 1 aliphatic heterocycles. The van der Waals surface area contributed by atoms with Gasteiger partial charge in [-0.1, -0.05) is 18.2 Å². The zero-order chi connectivity index (χ0) is 27.2. The lowest BCUT2D eigenvalue weighted by Gasteiger charge is -2.17. The minimum absolute atomic E-state index is 0.222. The number of urea groups is 1. The van der Waals surface area contributed by atoms with Crippen molar-refractivity contribution in [2.75, 3.05) is 37.3 Å². The van der Waals surface area contributed by atoms with Crippen LogP contribution in [-0.4, -0.2) is 57.8 Å². The van der Waals surface area contributed by atoms with Gasteiger partial charge in [0.1, 0.15) is 5.82 Å². The Morgan fingerprint density at radius 1 is 1.05 bits per heavy atom. The molecule has 0 radical (unpaired) electrons. The summed E-state index contributed by atoms with van der Waals surface area (Å²) in [5.74, 6) is 0.396. The van der Waals surface area contributed by atoms with Crippen LogP contribution in [0.5, 0.6) is 0 Å². The molecule has 1 aliphatic rings. The number of hydrogen-bond acceptors (Lipinski definition) is 6. The molecule has 39 heavy (non-hydrogen) atoms. The van der Waals surface area contributed by atoms with E-state index >= 15 is 0 Å². The molecule has 9 nitrogen and oxygen atoms in total. The molecule has 0 fully saturated rings. The van der Waals surface area contributed by atoms with Crippen molar-refractivity contribution in [1.29, 1.82) is 0 Å². The number of nitrogens with zero attached hydrogens (tertiary/aromatic N) is 5. The second kappa shape index (κ2) is 12.0. The molecule has 0 unspecified atom stereocenters. The Hall–Kier alpha value is -4.31. The van der Waals surface area contributed by atoms with Crippen LogP contribution in [0.25, 0.3) is 22.5 Å². The second-order valence-corrected chi connectivity index (χ2v) is 9.93. The molecule has 0 saturated carbocycles. The van der Waals surface area contributed by atoms with E-state index < -0.39 is 0 Å². The van der Waals surface area contributed by atoms with Gasteiger partial charge in [0, 0.05) is 43.6 Å². The standard InChI is InChI=1S/C29H33FN8O/c1-37(19-20-5-8-25(30)9-6-20)14-4-3-12-32-29(39)33-26-17-23(16-24(18-26)28-34-35-36-38(28)2)21-7-10-27-22(15-21)11-13-31-27/h5-10,15-18,31H,3-4,11-14,19H2,1-2H3,(H2,32,33,39). The summed E-state index contributed by atoms with van der Waals surface area (Å²) in [6.45, 7) is 3.15. The number of carbonyl (C=O) groups excluding carboxylic acids is 1. The molecule has 4 aromatic rings. The Morgan fingerprint density at radius 3 is 2.67 bits per heavy atom. The van der Waals surface area contributed by atoms with Gasteiger partial charge in [-0.2, -0.15) is 0 Å². The molecular formula is C29H33FN8O. The SMILES string of the molecule is CN(CCCCNC(=O)Nc1cc(-c2ccc3c(c2)CCN3)cc(-c2nnnn2C)c1)Cc1ccc(F)cc1. The average molecular weight is 529 g/mol. The predicted octanol–water partition coefficient (Wildman–Crippen LogP) is 4.68. The van der Waals surface area contributed by atoms with Crippen LogP contribution in [-0.2, 0) is 20.0 Å². The summed E-state index contributed by atoms with van der Waals surface area (Å²) >= 11 is 0. The third-order valence-electron chi connectivity index (χ3n) is 6.84. The topological polar surface area (TPSA) is 100 Å². The monoisotopic (exact) mass is 528 g/mol. The summed E-state index contributed by atoms with van der Waals surface area (Å²) in [6.07, 6.45) is 2.77. The summed E-state index contributed by atoms with van der Waals surface area (Å²) < 4.78 is 14.7. The first-order valence-electron chi connectivity index (χ1n) is 13.2. The van der Waals surface area contributed by atoms with E-state index in [1.165, 1.54) is 23.4 Å². The maximum Gasteiger partial charge on any atom is 0.319 e. The van der Waals surface area contributed by atoms with Crippen molar-refractivity contribution in [3.8, 4) is 22.5 Å². The van der Waals surface area contributed by atoms with E-state index in [1.807, 2.05) is 25.2 Å². The molecule has 3 N–H and O–H groups in total. The van der Waals surface area contributed by atoms with Gasteiger partial charge >= 0.3 is 6.03 Å². The summed E-state index contributed by atoms with van der Waals surface area (Å²) in [5, 5.41) is 21.2. The van der Waals surface area contributed by atoms with Gasteiger partial charge in [0.15, 0.2) is 5.82 Å². The third kappa shape index (κ3) is 6.77. The Bertz CT molecular complexity index is 1440. The fourth-order valence-corrected chi connectivity index (χ4v) is 4.82. The van der Waals surface area contributed by atoms with Crippen LogP contribution < -0.4 is 16.0 Å². The minimum atomic E-state index is -0.257. The minimum Gasteiger partial charge on any atom is -0.384 e. The number of aromatic nitrogens is 4. The maximum absolute atomic E-state index is 13.1. The molecule has 2 amide bonds. The van der Waals surface area contributed by atoms with E-state index in [-0.39, 0.29) is 11.8 Å². The van der Waals surface area contributed by atoms with Crippen molar-refractivity contribution in [2.24, 2.45) is 7.05 Å². The Morgan fingerprint density at radius 2 is 1.87 bits per heavy atom. The van der Waals surface area contributed by atoms with Crippen molar-refractivity contribution < 1.29 is 9.18 Å². The third-order valence-corrected chi connectivity index (χ3v) is 6.84. The quantitative estimate of drug-likeness (QED) is 0.259. The lowest BCUT2D eigenvalue weighted by Crippen LogP contribution is -2.30. The van der Waals surface area contributed by atoms with Crippen molar-refractivity contribution in [1.82, 2.24) is 30.4 Å². The van der Waals surface area contributed by atoms with E-state index in [9.17, 15) is 9.18 Å². The number of carbonyl (C=O) groups is 1. The molecule has 0 saturated heterocycles. The zero-order valence-corrected chi connectivity index (χ0v) is 22.2. The van der Waals surface area contributed by atoms with Gasteiger partial charge in [-0.25, -0.2) is 13.9 Å². The number of aryl methyl sites for hydroxylation is 1. The number of unbranched alkanes of at least 4 members (excludes halogenated alkanes) is 1. The van der Waals surface area contributed by atoms with Gasteiger partial charge in [0.2, 0.25) is 0 Å². The number of amides is 2. The molecule has 3 aromatic carbocycles. The predicted molar refractivity (Wildman–Crippen MR) is 151 cm³/mol.